The molecule has 1 rings (SSSR count). The van der Waals surface area contributed by atoms with Gasteiger partial charge in [0.15, 0.2) is 11.5 Å². The van der Waals surface area contributed by atoms with Crippen molar-refractivity contribution in [2.45, 2.75) is 19.9 Å². The molecule has 0 bridgehead atoms. The first-order chi connectivity index (χ1) is 6.56. The average Bonchev–Trinajstić information content (AvgIpc) is 2.16. The summed E-state index contributed by atoms with van der Waals surface area (Å²) in [6.45, 7) is 4.10. The predicted octanol–water partition coefficient (Wildman–Crippen LogP) is 2.48. The minimum Gasteiger partial charge on any atom is -0.504 e. The number of hydrogen-bond acceptors (Lipinski definition) is 3. The van der Waals surface area contributed by atoms with Crippen molar-refractivity contribution in [3.8, 4) is 11.5 Å². The van der Waals surface area contributed by atoms with E-state index in [4.69, 9.17) is 10.5 Å². The van der Waals surface area contributed by atoms with E-state index >= 15 is 0 Å². The number of rotatable bonds is 3. The Kier molecular flexibility index (Phi) is 5.47. The second-order valence-electron chi connectivity index (χ2n) is 3.70. The number of hydrogen-bond donors (Lipinski definition) is 2. The number of phenols is 1. The van der Waals surface area contributed by atoms with Gasteiger partial charge in [0.2, 0.25) is 0 Å². The third-order valence-electron chi connectivity index (χ3n) is 2.31. The Labute approximate surface area is 96.7 Å². The van der Waals surface area contributed by atoms with Crippen LogP contribution in [0.2, 0.25) is 0 Å². The van der Waals surface area contributed by atoms with Crippen molar-refractivity contribution < 1.29 is 9.84 Å². The summed E-state index contributed by atoms with van der Waals surface area (Å²) >= 11 is 0. The van der Waals surface area contributed by atoms with Gasteiger partial charge in [-0.15, -0.1) is 12.4 Å². The minimum absolute atomic E-state index is 0. The Morgan fingerprint density at radius 3 is 2.33 bits per heavy atom. The summed E-state index contributed by atoms with van der Waals surface area (Å²) in [6, 6.07) is 5.21. The van der Waals surface area contributed by atoms with Crippen LogP contribution in [0.15, 0.2) is 18.2 Å². The number of aromatic hydroxyl groups is 1. The van der Waals surface area contributed by atoms with Gasteiger partial charge in [-0.3, -0.25) is 0 Å². The summed E-state index contributed by atoms with van der Waals surface area (Å²) in [7, 11) is 1.52. The van der Waals surface area contributed by atoms with Crippen LogP contribution in [0, 0.1) is 5.92 Å². The molecule has 0 aliphatic heterocycles. The molecule has 0 amide bonds. The van der Waals surface area contributed by atoms with Crippen LogP contribution in [0.4, 0.5) is 0 Å². The van der Waals surface area contributed by atoms with Crippen LogP contribution in [0.5, 0.6) is 11.5 Å². The van der Waals surface area contributed by atoms with Gasteiger partial charge in [-0.2, -0.15) is 0 Å². The predicted molar refractivity (Wildman–Crippen MR) is 63.7 cm³/mol. The van der Waals surface area contributed by atoms with E-state index < -0.39 is 0 Å². The molecule has 0 heterocycles. The lowest BCUT2D eigenvalue weighted by Crippen LogP contribution is -2.16. The fourth-order valence-electron chi connectivity index (χ4n) is 1.30. The summed E-state index contributed by atoms with van der Waals surface area (Å²) in [6.07, 6.45) is 0. The molecule has 3 N–H and O–H groups in total. The maximum absolute atomic E-state index is 9.54. The molecule has 1 aromatic rings. The first-order valence-corrected chi connectivity index (χ1v) is 4.68. The van der Waals surface area contributed by atoms with Crippen LogP contribution >= 0.6 is 12.4 Å². The van der Waals surface area contributed by atoms with Gasteiger partial charge in [0, 0.05) is 6.04 Å². The number of ether oxygens (including phenoxy) is 1. The van der Waals surface area contributed by atoms with E-state index in [0.29, 0.717) is 11.7 Å². The Hall–Kier alpha value is -0.930. The van der Waals surface area contributed by atoms with Gasteiger partial charge < -0.3 is 15.6 Å². The van der Waals surface area contributed by atoms with Crippen molar-refractivity contribution >= 4 is 12.4 Å². The second-order valence-corrected chi connectivity index (χ2v) is 3.70. The van der Waals surface area contributed by atoms with Gasteiger partial charge in [0.1, 0.15) is 0 Å². The van der Waals surface area contributed by atoms with Crippen molar-refractivity contribution in [1.29, 1.82) is 0 Å². The van der Waals surface area contributed by atoms with Gasteiger partial charge in [0.25, 0.3) is 0 Å². The average molecular weight is 232 g/mol. The highest BCUT2D eigenvalue weighted by molar-refractivity contribution is 5.85. The van der Waals surface area contributed by atoms with Crippen LogP contribution in [-0.4, -0.2) is 12.2 Å². The maximum atomic E-state index is 9.54. The SMILES string of the molecule is COc1ccc(C(N)C(C)C)cc1O.Cl. The lowest BCUT2D eigenvalue weighted by Gasteiger charge is -2.16. The minimum atomic E-state index is -0.0493. The van der Waals surface area contributed by atoms with Crippen molar-refractivity contribution in [2.75, 3.05) is 7.11 Å². The maximum Gasteiger partial charge on any atom is 0.160 e. The second kappa shape index (κ2) is 5.83. The molecule has 0 fully saturated rings. The molecule has 0 aliphatic rings. The Morgan fingerprint density at radius 2 is 1.93 bits per heavy atom. The first kappa shape index (κ1) is 14.1. The Balaban J connectivity index is 0.00000196. The molecular formula is C11H18ClNO2. The van der Waals surface area contributed by atoms with Crippen LogP contribution in [0.1, 0.15) is 25.5 Å². The zero-order valence-electron chi connectivity index (χ0n) is 9.23. The number of halogens is 1. The smallest absolute Gasteiger partial charge is 0.160 e. The van der Waals surface area contributed by atoms with Gasteiger partial charge >= 0.3 is 0 Å². The van der Waals surface area contributed by atoms with Crippen molar-refractivity contribution in [2.24, 2.45) is 11.7 Å². The molecule has 4 heteroatoms. The van der Waals surface area contributed by atoms with E-state index in [2.05, 4.69) is 0 Å². The lowest BCUT2D eigenvalue weighted by molar-refractivity contribution is 0.372. The number of benzene rings is 1. The normalized spacial score (nSPS) is 12.1. The topological polar surface area (TPSA) is 55.5 Å². The molecule has 0 radical (unpaired) electrons. The summed E-state index contributed by atoms with van der Waals surface area (Å²) < 4.78 is 4.95. The van der Waals surface area contributed by atoms with Crippen LogP contribution in [-0.2, 0) is 0 Å². The number of nitrogens with two attached hydrogens (primary N) is 1. The van der Waals surface area contributed by atoms with E-state index in [1.807, 2.05) is 19.9 Å². The fourth-order valence-corrected chi connectivity index (χ4v) is 1.30. The van der Waals surface area contributed by atoms with Crippen LogP contribution in [0.3, 0.4) is 0 Å². The molecule has 1 aromatic carbocycles. The van der Waals surface area contributed by atoms with E-state index in [1.165, 1.54) is 7.11 Å². The quantitative estimate of drug-likeness (QED) is 0.841. The molecule has 1 atom stereocenters. The molecule has 86 valence electrons. The Morgan fingerprint density at radius 1 is 1.33 bits per heavy atom. The monoisotopic (exact) mass is 231 g/mol. The van der Waals surface area contributed by atoms with E-state index in [-0.39, 0.29) is 24.2 Å². The molecule has 0 saturated heterocycles. The van der Waals surface area contributed by atoms with Crippen molar-refractivity contribution in [3.05, 3.63) is 23.8 Å². The van der Waals surface area contributed by atoms with Gasteiger partial charge in [0.05, 0.1) is 7.11 Å². The first-order valence-electron chi connectivity index (χ1n) is 4.68. The summed E-state index contributed by atoms with van der Waals surface area (Å²) in [5, 5.41) is 9.54. The largest absolute Gasteiger partial charge is 0.504 e. The zero-order valence-corrected chi connectivity index (χ0v) is 10.0. The van der Waals surface area contributed by atoms with E-state index in [1.54, 1.807) is 12.1 Å². The fraction of sp³-hybridized carbons (Fsp3) is 0.455. The molecule has 3 nitrogen and oxygen atoms in total. The number of phenolic OH excluding ortho intramolecular Hbond substituents is 1. The highest BCUT2D eigenvalue weighted by atomic mass is 35.5. The Bertz CT molecular complexity index is 315. The van der Waals surface area contributed by atoms with Gasteiger partial charge in [-0.05, 0) is 23.6 Å². The molecule has 0 spiro atoms. The summed E-state index contributed by atoms with van der Waals surface area (Å²) in [4.78, 5) is 0. The third-order valence-corrected chi connectivity index (χ3v) is 2.31. The summed E-state index contributed by atoms with van der Waals surface area (Å²) in [5.41, 5.74) is 6.88. The molecule has 0 saturated carbocycles. The van der Waals surface area contributed by atoms with E-state index in [9.17, 15) is 5.11 Å². The lowest BCUT2D eigenvalue weighted by atomic mass is 9.97. The highest BCUT2D eigenvalue weighted by Gasteiger charge is 2.12. The molecule has 0 aromatic heterocycles. The van der Waals surface area contributed by atoms with E-state index in [0.717, 1.165) is 5.56 Å². The molecule has 15 heavy (non-hydrogen) atoms. The van der Waals surface area contributed by atoms with Crippen LogP contribution in [0.25, 0.3) is 0 Å². The standard InChI is InChI=1S/C11H17NO2.ClH/c1-7(2)11(12)8-4-5-10(14-3)9(13)6-8;/h4-7,11,13H,12H2,1-3H3;1H. The molecule has 0 aliphatic carbocycles. The highest BCUT2D eigenvalue weighted by Crippen LogP contribution is 2.30. The van der Waals surface area contributed by atoms with Crippen molar-refractivity contribution in [3.63, 3.8) is 0 Å². The van der Waals surface area contributed by atoms with Crippen molar-refractivity contribution in [1.82, 2.24) is 0 Å². The molecular weight excluding hydrogens is 214 g/mol. The zero-order chi connectivity index (χ0) is 10.7. The molecule has 1 unspecified atom stereocenters. The number of methoxy groups -OCH3 is 1. The third kappa shape index (κ3) is 3.29. The summed E-state index contributed by atoms with van der Waals surface area (Å²) in [5.74, 6) is 0.966. The van der Waals surface area contributed by atoms with Gasteiger partial charge in [-0.1, -0.05) is 19.9 Å². The van der Waals surface area contributed by atoms with Gasteiger partial charge in [-0.25, -0.2) is 0 Å². The van der Waals surface area contributed by atoms with Crippen LogP contribution < -0.4 is 10.5 Å².